The summed E-state index contributed by atoms with van der Waals surface area (Å²) < 4.78 is 12.9. The van der Waals surface area contributed by atoms with Gasteiger partial charge in [-0.25, -0.2) is 4.39 Å². The molecule has 1 aromatic rings. The first-order valence-corrected chi connectivity index (χ1v) is 6.21. The monoisotopic (exact) mass is 235 g/mol. The molecule has 1 aliphatic rings. The van der Waals surface area contributed by atoms with Crippen molar-refractivity contribution in [1.29, 1.82) is 0 Å². The predicted octanol–water partition coefficient (Wildman–Crippen LogP) is 3.05. The van der Waals surface area contributed by atoms with Crippen LogP contribution in [0.5, 0.6) is 0 Å². The molecule has 0 atom stereocenters. The number of hydrogen-bond donors (Lipinski definition) is 1. The predicted molar refractivity (Wildman–Crippen MR) is 65.4 cm³/mol. The molecule has 0 unspecified atom stereocenters. The van der Waals surface area contributed by atoms with Crippen LogP contribution in [-0.2, 0) is 0 Å². The smallest absolute Gasteiger partial charge is 0.251 e. The second-order valence-electron chi connectivity index (χ2n) is 4.82. The Morgan fingerprint density at radius 2 is 2.12 bits per heavy atom. The van der Waals surface area contributed by atoms with Gasteiger partial charge in [0.15, 0.2) is 0 Å². The molecular formula is C14H18FNO. The van der Waals surface area contributed by atoms with Gasteiger partial charge in [-0.2, -0.15) is 0 Å². The van der Waals surface area contributed by atoms with Crippen LogP contribution < -0.4 is 5.32 Å². The van der Waals surface area contributed by atoms with Gasteiger partial charge in [-0.1, -0.05) is 12.8 Å². The standard InChI is InChI=1S/C14H18FNO/c1-10-8-12(15)6-7-13(10)14(17)16-9-11-4-2-3-5-11/h6-8,11H,2-5,9H2,1H3,(H,16,17). The Morgan fingerprint density at radius 3 is 2.76 bits per heavy atom. The van der Waals surface area contributed by atoms with Crippen molar-refractivity contribution in [1.82, 2.24) is 5.32 Å². The lowest BCUT2D eigenvalue weighted by atomic mass is 10.1. The molecule has 0 spiro atoms. The molecule has 0 radical (unpaired) electrons. The van der Waals surface area contributed by atoms with Crippen molar-refractivity contribution in [3.8, 4) is 0 Å². The molecule has 1 aromatic carbocycles. The summed E-state index contributed by atoms with van der Waals surface area (Å²) in [5.41, 5.74) is 1.26. The largest absolute Gasteiger partial charge is 0.352 e. The SMILES string of the molecule is Cc1cc(F)ccc1C(=O)NCC1CCCC1. The molecule has 2 nitrogen and oxygen atoms in total. The summed E-state index contributed by atoms with van der Waals surface area (Å²) in [6.45, 7) is 2.50. The summed E-state index contributed by atoms with van der Waals surface area (Å²) in [6, 6.07) is 4.27. The Kier molecular flexibility index (Phi) is 3.77. The molecule has 1 amide bonds. The highest BCUT2D eigenvalue weighted by Gasteiger charge is 2.16. The van der Waals surface area contributed by atoms with Gasteiger partial charge in [-0.05, 0) is 49.4 Å². The third kappa shape index (κ3) is 3.05. The number of halogens is 1. The number of aryl methyl sites for hydroxylation is 1. The number of amides is 1. The lowest BCUT2D eigenvalue weighted by molar-refractivity contribution is 0.0946. The highest BCUT2D eigenvalue weighted by atomic mass is 19.1. The van der Waals surface area contributed by atoms with Gasteiger partial charge in [-0.3, -0.25) is 4.79 Å². The van der Waals surface area contributed by atoms with Crippen molar-refractivity contribution in [2.45, 2.75) is 32.6 Å². The minimum Gasteiger partial charge on any atom is -0.352 e. The zero-order chi connectivity index (χ0) is 12.3. The summed E-state index contributed by atoms with van der Waals surface area (Å²) in [5, 5.41) is 2.94. The highest BCUT2D eigenvalue weighted by molar-refractivity contribution is 5.95. The van der Waals surface area contributed by atoms with Crippen molar-refractivity contribution in [2.24, 2.45) is 5.92 Å². The molecule has 3 heteroatoms. The molecule has 0 heterocycles. The van der Waals surface area contributed by atoms with Gasteiger partial charge < -0.3 is 5.32 Å². The molecule has 1 N–H and O–H groups in total. The molecule has 1 aliphatic carbocycles. The van der Waals surface area contributed by atoms with E-state index in [9.17, 15) is 9.18 Å². The van der Waals surface area contributed by atoms with Gasteiger partial charge in [0, 0.05) is 12.1 Å². The fourth-order valence-corrected chi connectivity index (χ4v) is 2.43. The number of carbonyl (C=O) groups is 1. The van der Waals surface area contributed by atoms with Crippen LogP contribution >= 0.6 is 0 Å². The molecule has 0 bridgehead atoms. The molecule has 1 saturated carbocycles. The van der Waals surface area contributed by atoms with Crippen LogP contribution in [0.25, 0.3) is 0 Å². The van der Waals surface area contributed by atoms with Gasteiger partial charge in [0.05, 0.1) is 0 Å². The Balaban J connectivity index is 1.94. The zero-order valence-corrected chi connectivity index (χ0v) is 10.1. The average Bonchev–Trinajstić information content (AvgIpc) is 2.78. The first-order valence-electron chi connectivity index (χ1n) is 6.21. The fourth-order valence-electron chi connectivity index (χ4n) is 2.43. The van der Waals surface area contributed by atoms with E-state index in [1.165, 1.54) is 37.8 Å². The summed E-state index contributed by atoms with van der Waals surface area (Å²) in [4.78, 5) is 11.9. The Bertz CT molecular complexity index is 411. The summed E-state index contributed by atoms with van der Waals surface area (Å²) in [7, 11) is 0. The molecule has 0 aliphatic heterocycles. The van der Waals surface area contributed by atoms with Crippen molar-refractivity contribution >= 4 is 5.91 Å². The van der Waals surface area contributed by atoms with E-state index >= 15 is 0 Å². The molecule has 1 fully saturated rings. The van der Waals surface area contributed by atoms with Gasteiger partial charge in [0.25, 0.3) is 5.91 Å². The molecule has 0 saturated heterocycles. The second kappa shape index (κ2) is 5.30. The summed E-state index contributed by atoms with van der Waals surface area (Å²) in [6.07, 6.45) is 4.97. The normalized spacial score (nSPS) is 16.1. The van der Waals surface area contributed by atoms with E-state index in [2.05, 4.69) is 5.32 Å². The van der Waals surface area contributed by atoms with Gasteiger partial charge in [-0.15, -0.1) is 0 Å². The number of carbonyl (C=O) groups excluding carboxylic acids is 1. The van der Waals surface area contributed by atoms with Crippen LogP contribution in [0.2, 0.25) is 0 Å². The summed E-state index contributed by atoms with van der Waals surface area (Å²) in [5.74, 6) is 0.240. The lowest BCUT2D eigenvalue weighted by Crippen LogP contribution is -2.28. The highest BCUT2D eigenvalue weighted by Crippen LogP contribution is 2.23. The van der Waals surface area contributed by atoms with E-state index in [-0.39, 0.29) is 11.7 Å². The number of rotatable bonds is 3. The number of hydrogen-bond acceptors (Lipinski definition) is 1. The Hall–Kier alpha value is -1.38. The van der Waals surface area contributed by atoms with Crippen molar-refractivity contribution in [3.63, 3.8) is 0 Å². The van der Waals surface area contributed by atoms with Gasteiger partial charge in [0.1, 0.15) is 5.82 Å². The van der Waals surface area contributed by atoms with E-state index in [0.717, 1.165) is 6.54 Å². The quantitative estimate of drug-likeness (QED) is 0.857. The minimum absolute atomic E-state index is 0.0885. The molecular weight excluding hydrogens is 217 g/mol. The van der Waals surface area contributed by atoms with Crippen LogP contribution in [-0.4, -0.2) is 12.5 Å². The number of nitrogens with one attached hydrogen (secondary N) is 1. The fraction of sp³-hybridized carbons (Fsp3) is 0.500. The Labute approximate surface area is 101 Å². The molecule has 2 rings (SSSR count). The minimum atomic E-state index is -0.296. The van der Waals surface area contributed by atoms with Crippen LogP contribution in [0.3, 0.4) is 0 Å². The first-order chi connectivity index (χ1) is 8.16. The average molecular weight is 235 g/mol. The topological polar surface area (TPSA) is 29.1 Å². The maximum Gasteiger partial charge on any atom is 0.251 e. The second-order valence-corrected chi connectivity index (χ2v) is 4.82. The third-order valence-electron chi connectivity index (χ3n) is 3.46. The first kappa shape index (κ1) is 12.1. The van der Waals surface area contributed by atoms with E-state index < -0.39 is 0 Å². The molecule has 92 valence electrons. The maximum atomic E-state index is 12.9. The van der Waals surface area contributed by atoms with E-state index in [1.54, 1.807) is 13.0 Å². The van der Waals surface area contributed by atoms with Gasteiger partial charge in [0.2, 0.25) is 0 Å². The van der Waals surface area contributed by atoms with Crippen molar-refractivity contribution < 1.29 is 9.18 Å². The van der Waals surface area contributed by atoms with Crippen molar-refractivity contribution in [3.05, 3.63) is 35.1 Å². The zero-order valence-electron chi connectivity index (χ0n) is 10.1. The van der Waals surface area contributed by atoms with Crippen LogP contribution in [0.15, 0.2) is 18.2 Å². The van der Waals surface area contributed by atoms with Gasteiger partial charge >= 0.3 is 0 Å². The van der Waals surface area contributed by atoms with Crippen molar-refractivity contribution in [2.75, 3.05) is 6.54 Å². The molecule has 17 heavy (non-hydrogen) atoms. The van der Waals surface area contributed by atoms with E-state index in [1.807, 2.05) is 0 Å². The lowest BCUT2D eigenvalue weighted by Gasteiger charge is -2.11. The summed E-state index contributed by atoms with van der Waals surface area (Å²) >= 11 is 0. The third-order valence-corrected chi connectivity index (χ3v) is 3.46. The van der Waals surface area contributed by atoms with Crippen LogP contribution in [0, 0.1) is 18.7 Å². The van der Waals surface area contributed by atoms with E-state index in [0.29, 0.717) is 17.0 Å². The maximum absolute atomic E-state index is 12.9. The molecule has 0 aromatic heterocycles. The van der Waals surface area contributed by atoms with Crippen LogP contribution in [0.1, 0.15) is 41.6 Å². The Morgan fingerprint density at radius 1 is 1.41 bits per heavy atom. The van der Waals surface area contributed by atoms with E-state index in [4.69, 9.17) is 0 Å². The number of benzene rings is 1. The van der Waals surface area contributed by atoms with Crippen LogP contribution in [0.4, 0.5) is 4.39 Å².